The quantitative estimate of drug-likeness (QED) is 0.799. The molecule has 1 aliphatic carbocycles. The van der Waals surface area contributed by atoms with Crippen LogP contribution in [0.2, 0.25) is 0 Å². The molecule has 0 saturated heterocycles. The molecule has 0 bridgehead atoms. The number of phenolic OH excluding ortho intramolecular Hbond substituents is 1. The first-order valence-corrected chi connectivity index (χ1v) is 6.81. The van der Waals surface area contributed by atoms with Crippen molar-refractivity contribution in [1.82, 2.24) is 5.32 Å². The highest BCUT2D eigenvalue weighted by molar-refractivity contribution is 5.78. The van der Waals surface area contributed by atoms with Crippen LogP contribution in [0.1, 0.15) is 37.2 Å². The van der Waals surface area contributed by atoms with E-state index >= 15 is 0 Å². The van der Waals surface area contributed by atoms with Gasteiger partial charge >= 0.3 is 5.97 Å². The number of methoxy groups -OCH3 is 1. The number of hydrogen-bond donors (Lipinski definition) is 2. The van der Waals surface area contributed by atoms with Crippen LogP contribution in [-0.4, -0.2) is 30.8 Å². The number of esters is 1. The number of rotatable bonds is 5. The van der Waals surface area contributed by atoms with Gasteiger partial charge in [0.05, 0.1) is 13.0 Å². The number of nitrogens with one attached hydrogen (secondary N) is 1. The van der Waals surface area contributed by atoms with Crippen LogP contribution < -0.4 is 5.32 Å². The molecule has 4 heteroatoms. The molecule has 1 unspecified atom stereocenters. The summed E-state index contributed by atoms with van der Waals surface area (Å²) < 4.78 is 4.87. The largest absolute Gasteiger partial charge is 0.508 e. The van der Waals surface area contributed by atoms with Crippen LogP contribution >= 0.6 is 0 Å². The van der Waals surface area contributed by atoms with Crippen molar-refractivity contribution in [2.75, 3.05) is 13.7 Å². The molecular weight excluding hydrogens is 242 g/mol. The molecule has 1 aliphatic rings. The lowest BCUT2D eigenvalue weighted by atomic mass is 9.98. The molecule has 0 spiro atoms. The Labute approximate surface area is 113 Å². The molecule has 2 rings (SSSR count). The minimum Gasteiger partial charge on any atom is -0.508 e. The van der Waals surface area contributed by atoms with Gasteiger partial charge in [-0.15, -0.1) is 0 Å². The predicted molar refractivity (Wildman–Crippen MR) is 73.1 cm³/mol. The fourth-order valence-electron chi connectivity index (χ4n) is 2.60. The number of ether oxygens (including phenoxy) is 1. The Bertz CT molecular complexity index is 410. The topological polar surface area (TPSA) is 58.6 Å². The number of carbonyl (C=O) groups is 1. The van der Waals surface area contributed by atoms with Crippen LogP contribution in [0.25, 0.3) is 0 Å². The number of hydrogen-bond acceptors (Lipinski definition) is 4. The van der Waals surface area contributed by atoms with Gasteiger partial charge in [0.25, 0.3) is 0 Å². The molecule has 2 N–H and O–H groups in total. The van der Waals surface area contributed by atoms with Crippen LogP contribution in [0.15, 0.2) is 24.3 Å². The number of benzene rings is 1. The summed E-state index contributed by atoms with van der Waals surface area (Å²) in [6.07, 6.45) is 4.90. The molecule has 1 atom stereocenters. The molecule has 0 aliphatic heterocycles. The third-order valence-electron chi connectivity index (χ3n) is 3.75. The Morgan fingerprint density at radius 1 is 1.37 bits per heavy atom. The Kier molecular flexibility index (Phi) is 4.80. The Hall–Kier alpha value is -1.55. The van der Waals surface area contributed by atoms with E-state index in [1.54, 1.807) is 24.3 Å². The van der Waals surface area contributed by atoms with Gasteiger partial charge in [0.1, 0.15) is 5.75 Å². The van der Waals surface area contributed by atoms with Gasteiger partial charge in [0, 0.05) is 12.6 Å². The van der Waals surface area contributed by atoms with Gasteiger partial charge in [-0.25, -0.2) is 0 Å². The first-order chi connectivity index (χ1) is 9.20. The average molecular weight is 263 g/mol. The minimum absolute atomic E-state index is 0.205. The van der Waals surface area contributed by atoms with E-state index in [1.165, 1.54) is 32.8 Å². The van der Waals surface area contributed by atoms with E-state index in [0.717, 1.165) is 5.56 Å². The SMILES string of the molecule is COC(=O)C(CNC1CCCC1)c1ccc(O)cc1. The lowest BCUT2D eigenvalue weighted by Gasteiger charge is -2.19. The molecule has 104 valence electrons. The summed E-state index contributed by atoms with van der Waals surface area (Å²) in [7, 11) is 1.41. The molecule has 0 radical (unpaired) electrons. The van der Waals surface area contributed by atoms with Crippen LogP contribution in [0, 0.1) is 0 Å². The van der Waals surface area contributed by atoms with Gasteiger partial charge in [-0.3, -0.25) is 4.79 Å². The van der Waals surface area contributed by atoms with E-state index in [2.05, 4.69) is 5.32 Å². The highest BCUT2D eigenvalue weighted by atomic mass is 16.5. The zero-order chi connectivity index (χ0) is 13.7. The molecule has 1 saturated carbocycles. The van der Waals surface area contributed by atoms with Crippen LogP contribution in [0.3, 0.4) is 0 Å². The van der Waals surface area contributed by atoms with Crippen molar-refractivity contribution in [1.29, 1.82) is 0 Å². The predicted octanol–water partition coefficient (Wildman–Crippen LogP) is 2.18. The van der Waals surface area contributed by atoms with E-state index in [1.807, 2.05) is 0 Å². The summed E-state index contributed by atoms with van der Waals surface area (Å²) in [5.41, 5.74) is 0.871. The van der Waals surface area contributed by atoms with E-state index in [-0.39, 0.29) is 17.6 Å². The van der Waals surface area contributed by atoms with E-state index in [0.29, 0.717) is 12.6 Å². The third-order valence-corrected chi connectivity index (χ3v) is 3.75. The zero-order valence-electron chi connectivity index (χ0n) is 11.3. The maximum atomic E-state index is 11.9. The van der Waals surface area contributed by atoms with Crippen LogP contribution in [-0.2, 0) is 9.53 Å². The second-order valence-electron chi connectivity index (χ2n) is 5.06. The number of carbonyl (C=O) groups excluding carboxylic acids is 1. The highest BCUT2D eigenvalue weighted by Crippen LogP contribution is 2.22. The van der Waals surface area contributed by atoms with Crippen molar-refractivity contribution >= 4 is 5.97 Å². The molecule has 0 amide bonds. The van der Waals surface area contributed by atoms with E-state index < -0.39 is 0 Å². The molecule has 19 heavy (non-hydrogen) atoms. The molecule has 0 heterocycles. The molecular formula is C15H21NO3. The lowest BCUT2D eigenvalue weighted by molar-refractivity contribution is -0.142. The highest BCUT2D eigenvalue weighted by Gasteiger charge is 2.23. The van der Waals surface area contributed by atoms with Gasteiger partial charge in [0.15, 0.2) is 0 Å². The average Bonchev–Trinajstić information content (AvgIpc) is 2.93. The lowest BCUT2D eigenvalue weighted by Crippen LogP contribution is -2.33. The summed E-state index contributed by atoms with van der Waals surface area (Å²) in [5, 5.41) is 12.8. The standard InChI is InChI=1S/C15H21NO3/c1-19-15(18)14(10-16-12-4-2-3-5-12)11-6-8-13(17)9-7-11/h6-9,12,14,16-17H,2-5,10H2,1H3. The summed E-state index contributed by atoms with van der Waals surface area (Å²) in [6, 6.07) is 7.26. The second-order valence-corrected chi connectivity index (χ2v) is 5.06. The van der Waals surface area contributed by atoms with Crippen molar-refractivity contribution in [2.45, 2.75) is 37.6 Å². The summed E-state index contributed by atoms with van der Waals surface area (Å²) in [5.74, 6) is -0.349. The van der Waals surface area contributed by atoms with Crippen molar-refractivity contribution in [3.05, 3.63) is 29.8 Å². The minimum atomic E-state index is -0.314. The molecule has 4 nitrogen and oxygen atoms in total. The van der Waals surface area contributed by atoms with Crippen molar-refractivity contribution < 1.29 is 14.6 Å². The molecule has 0 aromatic heterocycles. The number of phenols is 1. The van der Waals surface area contributed by atoms with Crippen LogP contribution in [0.5, 0.6) is 5.75 Å². The number of aromatic hydroxyl groups is 1. The fraction of sp³-hybridized carbons (Fsp3) is 0.533. The second kappa shape index (κ2) is 6.57. The maximum absolute atomic E-state index is 11.9. The normalized spacial score (nSPS) is 17.3. The first kappa shape index (κ1) is 13.9. The first-order valence-electron chi connectivity index (χ1n) is 6.81. The molecule has 1 aromatic carbocycles. The van der Waals surface area contributed by atoms with Gasteiger partial charge in [0.2, 0.25) is 0 Å². The molecule has 1 fully saturated rings. The smallest absolute Gasteiger partial charge is 0.314 e. The van der Waals surface area contributed by atoms with Gasteiger partial charge < -0.3 is 15.2 Å². The van der Waals surface area contributed by atoms with Crippen molar-refractivity contribution in [3.63, 3.8) is 0 Å². The van der Waals surface area contributed by atoms with Gasteiger partial charge in [-0.2, -0.15) is 0 Å². The summed E-state index contributed by atoms with van der Waals surface area (Å²) >= 11 is 0. The van der Waals surface area contributed by atoms with Crippen LogP contribution in [0.4, 0.5) is 0 Å². The molecule has 1 aromatic rings. The zero-order valence-corrected chi connectivity index (χ0v) is 11.3. The Morgan fingerprint density at radius 3 is 2.58 bits per heavy atom. The third kappa shape index (κ3) is 3.70. The van der Waals surface area contributed by atoms with E-state index in [4.69, 9.17) is 4.74 Å². The van der Waals surface area contributed by atoms with Crippen molar-refractivity contribution in [2.24, 2.45) is 0 Å². The summed E-state index contributed by atoms with van der Waals surface area (Å²) in [6.45, 7) is 0.585. The van der Waals surface area contributed by atoms with Crippen molar-refractivity contribution in [3.8, 4) is 5.75 Å². The summed E-state index contributed by atoms with van der Waals surface area (Å²) in [4.78, 5) is 11.9. The maximum Gasteiger partial charge on any atom is 0.314 e. The Balaban J connectivity index is 2.02. The Morgan fingerprint density at radius 2 is 2.00 bits per heavy atom. The monoisotopic (exact) mass is 263 g/mol. The fourth-order valence-corrected chi connectivity index (χ4v) is 2.60. The van der Waals surface area contributed by atoms with Gasteiger partial charge in [-0.05, 0) is 30.5 Å². The van der Waals surface area contributed by atoms with E-state index in [9.17, 15) is 9.90 Å². The van der Waals surface area contributed by atoms with Gasteiger partial charge in [-0.1, -0.05) is 25.0 Å².